The van der Waals surface area contributed by atoms with Crippen LogP contribution in [-0.4, -0.2) is 83.0 Å². The molecule has 1 saturated heterocycles. The Hall–Kier alpha value is -3.40. The van der Waals surface area contributed by atoms with Gasteiger partial charge in [-0.05, 0) is 31.8 Å². The van der Waals surface area contributed by atoms with Crippen molar-refractivity contribution in [1.82, 2.24) is 10.2 Å². The van der Waals surface area contributed by atoms with E-state index in [0.717, 1.165) is 5.57 Å². The lowest BCUT2D eigenvalue weighted by Gasteiger charge is -2.29. The van der Waals surface area contributed by atoms with Crippen LogP contribution in [0, 0.1) is 11.8 Å². The second-order valence-corrected chi connectivity index (χ2v) is 10.4. The largest absolute Gasteiger partial charge is 0.460 e. The third-order valence-electron chi connectivity index (χ3n) is 6.70. The van der Waals surface area contributed by atoms with Crippen molar-refractivity contribution in [2.75, 3.05) is 19.6 Å². The maximum absolute atomic E-state index is 13.2. The number of nitrogens with one attached hydrogen (secondary N) is 1. The summed E-state index contributed by atoms with van der Waals surface area (Å²) >= 11 is 0. The summed E-state index contributed by atoms with van der Waals surface area (Å²) in [4.78, 5) is 61.0. The van der Waals surface area contributed by atoms with E-state index in [9.17, 15) is 24.3 Å². The van der Waals surface area contributed by atoms with Crippen molar-refractivity contribution >= 4 is 35.1 Å². The first kappa shape index (κ1) is 29.2. The second-order valence-electron chi connectivity index (χ2n) is 10.4. The number of nitrogens with zero attached hydrogens (tertiary/aromatic N) is 3. The highest BCUT2D eigenvalue weighted by molar-refractivity contribution is 6.42. The molecule has 3 rings (SSSR count). The SMILES string of the molecule is CC1=C\[C@@H](O)CC(=O)CC2=NC(=NC2)C(=O)N2CCC[C@@H]2C(=O)O[C@H](C(C)C)[C@H](C)/C=C/C(=O)NC\C=C\1. The minimum Gasteiger partial charge on any atom is -0.460 e. The molecule has 0 spiro atoms. The van der Waals surface area contributed by atoms with Crippen molar-refractivity contribution in [2.24, 2.45) is 21.8 Å². The Bertz CT molecular complexity index is 1090. The Morgan fingerprint density at radius 1 is 1.18 bits per heavy atom. The predicted octanol–water partition coefficient (Wildman–Crippen LogP) is 1.93. The average molecular weight is 527 g/mol. The number of allylic oxidation sites excluding steroid dienone is 2. The molecule has 0 aliphatic carbocycles. The molecule has 0 aromatic carbocycles. The molecule has 4 atom stereocenters. The minimum atomic E-state index is -0.970. The number of aliphatic imine (C=N–C) groups is 2. The zero-order valence-electron chi connectivity index (χ0n) is 22.6. The zero-order chi connectivity index (χ0) is 27.8. The first-order valence-electron chi connectivity index (χ1n) is 13.2. The molecule has 3 aliphatic rings. The third-order valence-corrected chi connectivity index (χ3v) is 6.70. The van der Waals surface area contributed by atoms with Gasteiger partial charge in [-0.3, -0.25) is 19.4 Å². The summed E-state index contributed by atoms with van der Waals surface area (Å²) < 4.78 is 5.89. The van der Waals surface area contributed by atoms with Crippen LogP contribution in [0.1, 0.15) is 53.4 Å². The maximum Gasteiger partial charge on any atom is 0.329 e. The Kier molecular flexibility index (Phi) is 10.3. The molecule has 206 valence electrons. The van der Waals surface area contributed by atoms with E-state index in [1.807, 2.05) is 20.8 Å². The zero-order valence-corrected chi connectivity index (χ0v) is 22.6. The number of ketones is 1. The van der Waals surface area contributed by atoms with Gasteiger partial charge in [0.05, 0.1) is 12.6 Å². The van der Waals surface area contributed by atoms with Crippen LogP contribution in [0.25, 0.3) is 0 Å². The van der Waals surface area contributed by atoms with Gasteiger partial charge in [-0.25, -0.2) is 9.79 Å². The first-order chi connectivity index (χ1) is 18.0. The Balaban J connectivity index is 1.83. The van der Waals surface area contributed by atoms with E-state index in [1.54, 1.807) is 31.2 Å². The van der Waals surface area contributed by atoms with Crippen molar-refractivity contribution in [3.63, 3.8) is 0 Å². The van der Waals surface area contributed by atoms with Crippen LogP contribution < -0.4 is 5.32 Å². The van der Waals surface area contributed by atoms with E-state index >= 15 is 0 Å². The van der Waals surface area contributed by atoms with Gasteiger partial charge in [-0.1, -0.05) is 50.6 Å². The molecule has 3 heterocycles. The summed E-state index contributed by atoms with van der Waals surface area (Å²) in [6, 6.07) is -0.745. The molecule has 0 aromatic heterocycles. The van der Waals surface area contributed by atoms with Crippen molar-refractivity contribution in [3.8, 4) is 0 Å². The molecule has 10 nitrogen and oxygen atoms in total. The normalized spacial score (nSPS) is 31.5. The molecule has 0 unspecified atom stereocenters. The van der Waals surface area contributed by atoms with Gasteiger partial charge in [0, 0.05) is 37.6 Å². The van der Waals surface area contributed by atoms with E-state index < -0.39 is 30.1 Å². The molecule has 0 radical (unpaired) electrons. The minimum absolute atomic E-state index is 0.0151. The Labute approximate surface area is 223 Å². The van der Waals surface area contributed by atoms with Crippen LogP contribution in [0.3, 0.4) is 0 Å². The van der Waals surface area contributed by atoms with Gasteiger partial charge in [0.2, 0.25) is 11.7 Å². The van der Waals surface area contributed by atoms with Gasteiger partial charge in [0.1, 0.15) is 17.9 Å². The summed E-state index contributed by atoms with van der Waals surface area (Å²) in [5.74, 6) is -1.72. The van der Waals surface area contributed by atoms with Gasteiger partial charge in [-0.15, -0.1) is 0 Å². The van der Waals surface area contributed by atoms with Crippen molar-refractivity contribution in [2.45, 2.75) is 71.6 Å². The van der Waals surface area contributed by atoms with Crippen LogP contribution in [0.15, 0.2) is 45.9 Å². The predicted molar refractivity (Wildman–Crippen MR) is 144 cm³/mol. The molecule has 3 aliphatic heterocycles. The molecule has 10 heteroatoms. The summed E-state index contributed by atoms with van der Waals surface area (Å²) in [5.41, 5.74) is 1.21. The fourth-order valence-electron chi connectivity index (χ4n) is 4.81. The molecule has 0 aromatic rings. The number of aliphatic hydroxyl groups excluding tert-OH is 1. The first-order valence-corrected chi connectivity index (χ1v) is 13.2. The number of amides is 2. The van der Waals surface area contributed by atoms with Gasteiger partial charge in [0.25, 0.3) is 5.91 Å². The lowest BCUT2D eigenvalue weighted by atomic mass is 9.94. The fourth-order valence-corrected chi connectivity index (χ4v) is 4.81. The third kappa shape index (κ3) is 8.05. The number of amidine groups is 1. The van der Waals surface area contributed by atoms with Crippen molar-refractivity contribution < 1.29 is 29.0 Å². The molecule has 38 heavy (non-hydrogen) atoms. The van der Waals surface area contributed by atoms with Crippen LogP contribution in [0.4, 0.5) is 0 Å². The van der Waals surface area contributed by atoms with E-state index in [-0.39, 0.29) is 55.3 Å². The number of hydrogen-bond donors (Lipinski definition) is 2. The number of carbonyl (C=O) groups excluding carboxylic acids is 4. The molecule has 1 fully saturated rings. The number of aliphatic hydroxyl groups is 1. The number of cyclic esters (lactones) is 1. The van der Waals surface area contributed by atoms with E-state index in [1.165, 1.54) is 11.0 Å². The van der Waals surface area contributed by atoms with Gasteiger partial charge >= 0.3 is 5.97 Å². The number of fused-ring (bicyclic) bond motifs is 2. The van der Waals surface area contributed by atoms with Crippen LogP contribution in [0.5, 0.6) is 0 Å². The summed E-state index contributed by atoms with van der Waals surface area (Å²) in [6.07, 6.45) is 7.78. The maximum atomic E-state index is 13.2. The monoisotopic (exact) mass is 526 g/mol. The quantitative estimate of drug-likeness (QED) is 0.501. The lowest BCUT2D eigenvalue weighted by Crippen LogP contribution is -2.45. The number of Topliss-reactive ketones (excluding diaryl/α,β-unsaturated/α-hetero) is 1. The van der Waals surface area contributed by atoms with Crippen LogP contribution in [-0.2, 0) is 23.9 Å². The van der Waals surface area contributed by atoms with Gasteiger partial charge < -0.3 is 20.1 Å². The van der Waals surface area contributed by atoms with Crippen molar-refractivity contribution in [3.05, 3.63) is 36.0 Å². The number of ether oxygens (including phenoxy) is 1. The van der Waals surface area contributed by atoms with Crippen LogP contribution in [0.2, 0.25) is 0 Å². The number of rotatable bonds is 1. The smallest absolute Gasteiger partial charge is 0.329 e. The number of esters is 1. The standard InChI is InChI=1S/C28H38N4O6/c1-17(2)25-19(4)9-10-24(35)29-11-5-7-18(3)13-21(33)15-22(34)14-20-16-30-26(31-20)27(36)32-12-6-8-23(32)28(37)38-25/h5,7,9-10,13,17,19,21,23,25,33H,6,8,11-12,14-16H2,1-4H3,(H,29,35)/b7-5+,10-9+,18-13+/t19-,21-,23-,25-/m1/s1. The Morgan fingerprint density at radius 2 is 1.95 bits per heavy atom. The summed E-state index contributed by atoms with van der Waals surface area (Å²) in [5, 5.41) is 13.0. The second kappa shape index (κ2) is 13.4. The highest BCUT2D eigenvalue weighted by atomic mass is 16.5. The highest BCUT2D eigenvalue weighted by Crippen LogP contribution is 2.24. The molecule has 2 N–H and O–H groups in total. The van der Waals surface area contributed by atoms with E-state index in [4.69, 9.17) is 4.74 Å². The topological polar surface area (TPSA) is 138 Å². The fraction of sp³-hybridized carbons (Fsp3) is 0.571. The lowest BCUT2D eigenvalue weighted by molar-refractivity contribution is -0.160. The molecule has 2 amide bonds. The summed E-state index contributed by atoms with van der Waals surface area (Å²) in [7, 11) is 0. The molecule has 0 saturated carbocycles. The van der Waals surface area contributed by atoms with Gasteiger partial charge in [-0.2, -0.15) is 0 Å². The number of hydrogen-bond acceptors (Lipinski definition) is 8. The van der Waals surface area contributed by atoms with E-state index in [0.29, 0.717) is 25.1 Å². The number of carbonyl (C=O) groups is 4. The molecular weight excluding hydrogens is 488 g/mol. The van der Waals surface area contributed by atoms with Gasteiger partial charge in [0.15, 0.2) is 0 Å². The molecule has 2 bridgehead atoms. The average Bonchev–Trinajstić information content (AvgIpc) is 3.52. The van der Waals surface area contributed by atoms with Crippen molar-refractivity contribution in [1.29, 1.82) is 0 Å². The van der Waals surface area contributed by atoms with E-state index in [2.05, 4.69) is 15.3 Å². The Morgan fingerprint density at radius 3 is 2.68 bits per heavy atom. The summed E-state index contributed by atoms with van der Waals surface area (Å²) in [6.45, 7) is 8.35. The molecular formula is C28H38N4O6. The van der Waals surface area contributed by atoms with Crippen LogP contribution >= 0.6 is 0 Å². The highest BCUT2D eigenvalue weighted by Gasteiger charge is 2.39.